The standard InChI is InChI=1S/C20H17N3O/c24-20(23-12-9-15-5-1-2-6-18(15)14-23)17-8-3-7-16(13-17)19-21-10-4-11-22-19/h1-8,10-11,13H,9,12,14H2. The number of aromatic nitrogens is 2. The second-order valence-corrected chi connectivity index (χ2v) is 5.90. The van der Waals surface area contributed by atoms with E-state index in [-0.39, 0.29) is 5.91 Å². The summed E-state index contributed by atoms with van der Waals surface area (Å²) in [5, 5.41) is 0. The van der Waals surface area contributed by atoms with Crippen LogP contribution in [0.25, 0.3) is 11.4 Å². The third-order valence-corrected chi connectivity index (χ3v) is 4.35. The number of nitrogens with zero attached hydrogens (tertiary/aromatic N) is 3. The molecule has 0 fully saturated rings. The highest BCUT2D eigenvalue weighted by Gasteiger charge is 2.21. The number of benzene rings is 2. The van der Waals surface area contributed by atoms with E-state index in [0.29, 0.717) is 17.9 Å². The largest absolute Gasteiger partial charge is 0.334 e. The van der Waals surface area contributed by atoms with Gasteiger partial charge in [-0.1, -0.05) is 36.4 Å². The molecule has 1 aliphatic heterocycles. The maximum atomic E-state index is 12.9. The molecule has 0 unspecified atom stereocenters. The van der Waals surface area contributed by atoms with Crippen molar-refractivity contribution in [2.75, 3.05) is 6.54 Å². The molecule has 0 atom stereocenters. The van der Waals surface area contributed by atoms with Crippen molar-refractivity contribution in [2.45, 2.75) is 13.0 Å². The fraction of sp³-hybridized carbons (Fsp3) is 0.150. The minimum absolute atomic E-state index is 0.0577. The van der Waals surface area contributed by atoms with E-state index in [0.717, 1.165) is 18.5 Å². The predicted octanol–water partition coefficient (Wildman–Crippen LogP) is 3.34. The van der Waals surface area contributed by atoms with Crippen LogP contribution in [0.3, 0.4) is 0 Å². The summed E-state index contributed by atoms with van der Waals surface area (Å²) in [4.78, 5) is 23.3. The Hall–Kier alpha value is -3.01. The SMILES string of the molecule is O=C(c1cccc(-c2ncccn2)c1)N1CCc2ccccc2C1. The molecule has 0 radical (unpaired) electrons. The van der Waals surface area contributed by atoms with E-state index in [9.17, 15) is 4.79 Å². The molecule has 0 aliphatic carbocycles. The van der Waals surface area contributed by atoms with Crippen molar-refractivity contribution >= 4 is 5.91 Å². The van der Waals surface area contributed by atoms with Crippen LogP contribution in [0.15, 0.2) is 67.0 Å². The highest BCUT2D eigenvalue weighted by atomic mass is 16.2. The quantitative estimate of drug-likeness (QED) is 0.728. The van der Waals surface area contributed by atoms with Crippen molar-refractivity contribution in [3.05, 3.63) is 83.7 Å². The molecular weight excluding hydrogens is 298 g/mol. The number of rotatable bonds is 2. The summed E-state index contributed by atoms with van der Waals surface area (Å²) in [6.07, 6.45) is 4.32. The van der Waals surface area contributed by atoms with Crippen LogP contribution in [0.5, 0.6) is 0 Å². The Balaban J connectivity index is 1.60. The van der Waals surface area contributed by atoms with Crippen LogP contribution in [0, 0.1) is 0 Å². The Labute approximate surface area is 140 Å². The monoisotopic (exact) mass is 315 g/mol. The summed E-state index contributed by atoms with van der Waals surface area (Å²) in [7, 11) is 0. The van der Waals surface area contributed by atoms with Crippen molar-refractivity contribution in [3.8, 4) is 11.4 Å². The molecule has 0 saturated heterocycles. The summed E-state index contributed by atoms with van der Waals surface area (Å²) < 4.78 is 0. The van der Waals surface area contributed by atoms with E-state index in [1.165, 1.54) is 11.1 Å². The molecule has 0 N–H and O–H groups in total. The van der Waals surface area contributed by atoms with Gasteiger partial charge in [-0.2, -0.15) is 0 Å². The number of fused-ring (bicyclic) bond motifs is 1. The Kier molecular flexibility index (Phi) is 3.79. The molecule has 2 heterocycles. The molecule has 0 saturated carbocycles. The lowest BCUT2D eigenvalue weighted by Gasteiger charge is -2.29. The summed E-state index contributed by atoms with van der Waals surface area (Å²) in [6.45, 7) is 1.42. The maximum Gasteiger partial charge on any atom is 0.254 e. The number of amides is 1. The zero-order valence-electron chi connectivity index (χ0n) is 13.2. The van der Waals surface area contributed by atoms with Gasteiger partial charge in [0.25, 0.3) is 5.91 Å². The molecule has 0 bridgehead atoms. The molecule has 3 aromatic rings. The lowest BCUT2D eigenvalue weighted by atomic mass is 9.99. The lowest BCUT2D eigenvalue weighted by molar-refractivity contribution is 0.0735. The Morgan fingerprint density at radius 2 is 1.71 bits per heavy atom. The number of hydrogen-bond donors (Lipinski definition) is 0. The summed E-state index contributed by atoms with van der Waals surface area (Å²) >= 11 is 0. The first kappa shape index (κ1) is 14.6. The van der Waals surface area contributed by atoms with E-state index < -0.39 is 0 Å². The number of carbonyl (C=O) groups is 1. The molecule has 4 rings (SSSR count). The summed E-state index contributed by atoms with van der Waals surface area (Å²) in [6, 6.07) is 17.7. The molecule has 4 nitrogen and oxygen atoms in total. The van der Waals surface area contributed by atoms with Crippen LogP contribution in [0.1, 0.15) is 21.5 Å². The maximum absolute atomic E-state index is 12.9. The van der Waals surface area contributed by atoms with Crippen LogP contribution in [0.4, 0.5) is 0 Å². The van der Waals surface area contributed by atoms with Crippen LogP contribution < -0.4 is 0 Å². The summed E-state index contributed by atoms with van der Waals surface area (Å²) in [5.41, 5.74) is 4.12. The second-order valence-electron chi connectivity index (χ2n) is 5.90. The normalized spacial score (nSPS) is 13.4. The molecule has 1 aliphatic rings. The highest BCUT2D eigenvalue weighted by molar-refractivity contribution is 5.95. The minimum atomic E-state index is 0.0577. The fourth-order valence-electron chi connectivity index (χ4n) is 3.09. The Morgan fingerprint density at radius 1 is 0.917 bits per heavy atom. The minimum Gasteiger partial charge on any atom is -0.334 e. The van der Waals surface area contributed by atoms with Crippen LogP contribution in [0.2, 0.25) is 0 Å². The van der Waals surface area contributed by atoms with E-state index in [1.54, 1.807) is 18.5 Å². The van der Waals surface area contributed by atoms with Gasteiger partial charge in [0.2, 0.25) is 0 Å². The second kappa shape index (κ2) is 6.24. The first-order valence-corrected chi connectivity index (χ1v) is 8.05. The molecule has 1 aromatic heterocycles. The smallest absolute Gasteiger partial charge is 0.254 e. The zero-order chi connectivity index (χ0) is 16.4. The Bertz CT molecular complexity index is 877. The fourth-order valence-corrected chi connectivity index (χ4v) is 3.09. The van der Waals surface area contributed by atoms with Crippen LogP contribution >= 0.6 is 0 Å². The van der Waals surface area contributed by atoms with Crippen molar-refractivity contribution in [3.63, 3.8) is 0 Å². The van der Waals surface area contributed by atoms with Gasteiger partial charge in [0.1, 0.15) is 0 Å². The van der Waals surface area contributed by atoms with Gasteiger partial charge in [-0.3, -0.25) is 4.79 Å². The van der Waals surface area contributed by atoms with Gasteiger partial charge < -0.3 is 4.90 Å². The third-order valence-electron chi connectivity index (χ3n) is 4.35. The first-order chi connectivity index (χ1) is 11.8. The van der Waals surface area contributed by atoms with Crippen molar-refractivity contribution in [1.82, 2.24) is 14.9 Å². The van der Waals surface area contributed by atoms with E-state index in [4.69, 9.17) is 0 Å². The Morgan fingerprint density at radius 3 is 2.54 bits per heavy atom. The van der Waals surface area contributed by atoms with Gasteiger partial charge in [-0.25, -0.2) is 9.97 Å². The number of carbonyl (C=O) groups excluding carboxylic acids is 1. The van der Waals surface area contributed by atoms with Gasteiger partial charge in [0.15, 0.2) is 5.82 Å². The van der Waals surface area contributed by atoms with E-state index >= 15 is 0 Å². The van der Waals surface area contributed by atoms with E-state index in [2.05, 4.69) is 28.2 Å². The molecule has 4 heteroatoms. The van der Waals surface area contributed by atoms with Gasteiger partial charge in [-0.15, -0.1) is 0 Å². The van der Waals surface area contributed by atoms with Gasteiger partial charge >= 0.3 is 0 Å². The van der Waals surface area contributed by atoms with Crippen molar-refractivity contribution in [2.24, 2.45) is 0 Å². The highest BCUT2D eigenvalue weighted by Crippen LogP contribution is 2.22. The van der Waals surface area contributed by atoms with Crippen LogP contribution in [-0.2, 0) is 13.0 Å². The molecule has 24 heavy (non-hydrogen) atoms. The van der Waals surface area contributed by atoms with Gasteiger partial charge in [0.05, 0.1) is 0 Å². The van der Waals surface area contributed by atoms with Crippen molar-refractivity contribution in [1.29, 1.82) is 0 Å². The molecule has 1 amide bonds. The topological polar surface area (TPSA) is 46.1 Å². The predicted molar refractivity (Wildman–Crippen MR) is 92.4 cm³/mol. The first-order valence-electron chi connectivity index (χ1n) is 8.05. The van der Waals surface area contributed by atoms with E-state index in [1.807, 2.05) is 35.2 Å². The molecule has 2 aromatic carbocycles. The summed E-state index contributed by atoms with van der Waals surface area (Å²) in [5.74, 6) is 0.693. The third kappa shape index (κ3) is 2.78. The van der Waals surface area contributed by atoms with Gasteiger partial charge in [0, 0.05) is 36.6 Å². The average Bonchev–Trinajstić information content (AvgIpc) is 2.68. The van der Waals surface area contributed by atoms with Gasteiger partial charge in [-0.05, 0) is 35.7 Å². The van der Waals surface area contributed by atoms with Crippen LogP contribution in [-0.4, -0.2) is 27.3 Å². The lowest BCUT2D eigenvalue weighted by Crippen LogP contribution is -2.35. The average molecular weight is 315 g/mol. The number of hydrogen-bond acceptors (Lipinski definition) is 3. The molecule has 0 spiro atoms. The molecular formula is C20H17N3O. The molecule has 118 valence electrons. The zero-order valence-corrected chi connectivity index (χ0v) is 13.2. The van der Waals surface area contributed by atoms with Crippen molar-refractivity contribution < 1.29 is 4.79 Å².